The summed E-state index contributed by atoms with van der Waals surface area (Å²) < 4.78 is 26.6. The Morgan fingerprint density at radius 1 is 0.656 bits per heavy atom. The van der Waals surface area contributed by atoms with Gasteiger partial charge in [0.15, 0.2) is 0 Å². The second-order valence-corrected chi connectivity index (χ2v) is 15.3. The quantitative estimate of drug-likeness (QED) is 0.144. The third-order valence-corrected chi connectivity index (χ3v) is 10.6. The van der Waals surface area contributed by atoms with E-state index in [1.54, 1.807) is 41.3 Å². The number of halogens is 2. The van der Waals surface area contributed by atoms with Crippen molar-refractivity contribution in [1.82, 2.24) is 45.0 Å². The van der Waals surface area contributed by atoms with E-state index in [0.717, 1.165) is 38.8 Å². The Balaban J connectivity index is 0.000000143. The van der Waals surface area contributed by atoms with Crippen LogP contribution >= 0.6 is 0 Å². The number of carboxylic acids is 1. The molecule has 19 heteroatoms. The van der Waals surface area contributed by atoms with Gasteiger partial charge in [0.2, 0.25) is 23.7 Å². The summed E-state index contributed by atoms with van der Waals surface area (Å²) in [5, 5.41) is 13.0. The first-order valence-electron chi connectivity index (χ1n) is 19.5. The van der Waals surface area contributed by atoms with E-state index in [1.165, 1.54) is 36.9 Å². The second kappa shape index (κ2) is 16.8. The summed E-state index contributed by atoms with van der Waals surface area (Å²) in [6.07, 6.45) is 9.44. The number of carbonyl (C=O) groups excluding carboxylic acids is 3. The Labute approximate surface area is 346 Å². The minimum atomic E-state index is -1.11. The number of aromatic carboxylic acids is 1. The number of fused-ring (bicyclic) bond motifs is 2. The average molecular weight is 831 g/mol. The molecule has 0 spiro atoms. The number of nitrogen functional groups attached to an aromatic ring is 2. The van der Waals surface area contributed by atoms with Crippen molar-refractivity contribution in [3.8, 4) is 22.5 Å². The number of anilines is 2. The van der Waals surface area contributed by atoms with E-state index in [9.17, 15) is 28.0 Å². The Hall–Kier alpha value is -7.28. The zero-order valence-electron chi connectivity index (χ0n) is 32.5. The highest BCUT2D eigenvalue weighted by Gasteiger charge is 2.40. The van der Waals surface area contributed by atoms with Gasteiger partial charge < -0.3 is 37.4 Å². The monoisotopic (exact) mass is 830 g/mol. The standard InChI is InChI=1S/C21H19FN6O2.C14H9FN4O2.C7H12N2O/c22-17-7-12(5-6-24-17)16-4-3-14-15(8-25-19(23)18(14)27-16)20(29)26-13-9-28(10-13)21(30)11-1-2-11;15-11-5-7(3-4-17-11)10-2-1-8-9(14(20)21)6-18-13(16)12(8)19-10;8-6-3-9(4-6)7(10)5-1-2-5/h3-8,11,13H,1-2,9-10H2,(H2,23,25)(H,26,29);1-6H,(H2,16,18)(H,20,21);5-6H,1-4,8H2. The molecule has 6 aromatic heterocycles. The lowest BCUT2D eigenvalue weighted by Crippen LogP contribution is -2.61. The van der Waals surface area contributed by atoms with Crippen LogP contribution in [0.3, 0.4) is 0 Å². The predicted molar refractivity (Wildman–Crippen MR) is 219 cm³/mol. The van der Waals surface area contributed by atoms with Gasteiger partial charge in [0.1, 0.15) is 22.7 Å². The van der Waals surface area contributed by atoms with Gasteiger partial charge in [0.05, 0.1) is 28.6 Å². The molecule has 0 unspecified atom stereocenters. The largest absolute Gasteiger partial charge is 0.478 e. The van der Waals surface area contributed by atoms with Crippen LogP contribution in [0.1, 0.15) is 46.4 Å². The third-order valence-electron chi connectivity index (χ3n) is 10.6. The molecular weight excluding hydrogens is 791 g/mol. The highest BCUT2D eigenvalue weighted by Crippen LogP contribution is 2.33. The van der Waals surface area contributed by atoms with E-state index in [4.69, 9.17) is 22.3 Å². The van der Waals surface area contributed by atoms with Gasteiger partial charge in [-0.3, -0.25) is 14.4 Å². The number of nitrogens with two attached hydrogens (primary N) is 3. The molecule has 2 saturated heterocycles. The molecule has 2 aliphatic carbocycles. The van der Waals surface area contributed by atoms with Crippen LogP contribution in [0.4, 0.5) is 20.4 Å². The molecular formula is C42H40F2N12O5. The minimum Gasteiger partial charge on any atom is -0.478 e. The van der Waals surface area contributed by atoms with Crippen LogP contribution in [0, 0.1) is 23.7 Å². The van der Waals surface area contributed by atoms with Crippen LogP contribution in [0.2, 0.25) is 0 Å². The summed E-state index contributed by atoms with van der Waals surface area (Å²) >= 11 is 0. The van der Waals surface area contributed by atoms with Gasteiger partial charge in [0.25, 0.3) is 5.91 Å². The summed E-state index contributed by atoms with van der Waals surface area (Å²) in [4.78, 5) is 74.6. The molecule has 2 aliphatic heterocycles. The van der Waals surface area contributed by atoms with Gasteiger partial charge in [-0.25, -0.2) is 34.7 Å². The second-order valence-electron chi connectivity index (χ2n) is 15.3. The maximum absolute atomic E-state index is 13.4. The number of carboxylic acid groups (broad SMARTS) is 1. The van der Waals surface area contributed by atoms with Crippen LogP contribution in [0.25, 0.3) is 44.3 Å². The first kappa shape index (κ1) is 40.5. The molecule has 3 amide bonds. The predicted octanol–water partition coefficient (Wildman–Crippen LogP) is 3.44. The zero-order valence-corrected chi connectivity index (χ0v) is 32.5. The van der Waals surface area contributed by atoms with Crippen molar-refractivity contribution in [3.05, 3.63) is 96.3 Å². The molecule has 17 nitrogen and oxygen atoms in total. The van der Waals surface area contributed by atoms with Gasteiger partial charge in [0, 0.05) is 103 Å². The lowest BCUT2D eigenvalue weighted by atomic mass is 10.1. The lowest BCUT2D eigenvalue weighted by Gasteiger charge is -2.39. The Morgan fingerprint density at radius 2 is 1.11 bits per heavy atom. The van der Waals surface area contributed by atoms with E-state index in [1.807, 2.05) is 4.90 Å². The minimum absolute atomic E-state index is 0.0131. The van der Waals surface area contributed by atoms with Crippen molar-refractivity contribution in [3.63, 3.8) is 0 Å². The van der Waals surface area contributed by atoms with Crippen LogP contribution in [-0.2, 0) is 9.59 Å². The summed E-state index contributed by atoms with van der Waals surface area (Å²) in [6, 6.07) is 12.5. The number of hydrogen-bond acceptors (Lipinski definition) is 13. The summed E-state index contributed by atoms with van der Waals surface area (Å²) in [5.41, 5.74) is 20.3. The average Bonchev–Trinajstić information content (AvgIpc) is 4.16. The molecule has 61 heavy (non-hydrogen) atoms. The van der Waals surface area contributed by atoms with Crippen molar-refractivity contribution in [2.24, 2.45) is 17.6 Å². The maximum Gasteiger partial charge on any atom is 0.337 e. The molecule has 0 bridgehead atoms. The molecule has 10 rings (SSSR count). The number of carbonyl (C=O) groups is 4. The van der Waals surface area contributed by atoms with Gasteiger partial charge in [-0.1, -0.05) is 0 Å². The number of pyridine rings is 6. The zero-order chi connectivity index (χ0) is 42.9. The van der Waals surface area contributed by atoms with Crippen molar-refractivity contribution in [2.75, 3.05) is 37.6 Å². The molecule has 4 aliphatic rings. The number of likely N-dealkylation sites (tertiary alicyclic amines) is 2. The Kier molecular flexibility index (Phi) is 11.1. The fourth-order valence-electron chi connectivity index (χ4n) is 6.95. The van der Waals surface area contributed by atoms with Crippen molar-refractivity contribution in [1.29, 1.82) is 0 Å². The molecule has 2 saturated carbocycles. The van der Waals surface area contributed by atoms with E-state index < -0.39 is 17.9 Å². The van der Waals surface area contributed by atoms with Crippen LogP contribution in [0.15, 0.2) is 73.3 Å². The number of amides is 3. The highest BCUT2D eigenvalue weighted by atomic mass is 19.1. The molecule has 6 aromatic rings. The number of nitrogens with one attached hydrogen (secondary N) is 1. The Bertz CT molecular complexity index is 2700. The maximum atomic E-state index is 13.4. The molecule has 0 radical (unpaired) electrons. The van der Waals surface area contributed by atoms with E-state index >= 15 is 0 Å². The van der Waals surface area contributed by atoms with Crippen molar-refractivity contribution >= 4 is 57.1 Å². The SMILES string of the molecule is NC1CN(C(=O)C2CC2)C1.Nc1ncc(C(=O)NC2CN(C(=O)C3CC3)C2)c2ccc(-c3ccnc(F)c3)nc12.Nc1ncc(C(=O)O)c2ccc(-c3ccnc(F)c3)nc12. The van der Waals surface area contributed by atoms with Crippen LogP contribution in [0.5, 0.6) is 0 Å². The van der Waals surface area contributed by atoms with Crippen molar-refractivity contribution in [2.45, 2.75) is 37.8 Å². The van der Waals surface area contributed by atoms with E-state index in [0.29, 0.717) is 69.3 Å². The van der Waals surface area contributed by atoms with Gasteiger partial charge >= 0.3 is 5.97 Å². The smallest absolute Gasteiger partial charge is 0.337 e. The topological polar surface area (TPSA) is 262 Å². The molecule has 8 N–H and O–H groups in total. The summed E-state index contributed by atoms with van der Waals surface area (Å²) in [5.74, 6) is -1.27. The lowest BCUT2D eigenvalue weighted by molar-refractivity contribution is -0.137. The molecule has 0 atom stereocenters. The first-order valence-corrected chi connectivity index (χ1v) is 19.5. The van der Waals surface area contributed by atoms with Crippen molar-refractivity contribution < 1.29 is 33.1 Å². The molecule has 8 heterocycles. The first-order chi connectivity index (χ1) is 29.3. The third kappa shape index (κ3) is 9.01. The Morgan fingerprint density at radius 3 is 1.56 bits per heavy atom. The van der Waals surface area contributed by atoms with Crippen LogP contribution < -0.4 is 22.5 Å². The van der Waals surface area contributed by atoms with E-state index in [2.05, 4.69) is 35.2 Å². The number of nitrogens with zero attached hydrogens (tertiary/aromatic N) is 8. The van der Waals surface area contributed by atoms with Gasteiger partial charge in [-0.2, -0.15) is 8.78 Å². The number of hydrogen-bond donors (Lipinski definition) is 5. The molecule has 4 fully saturated rings. The fourth-order valence-corrected chi connectivity index (χ4v) is 6.95. The normalized spacial score (nSPS) is 16.0. The summed E-state index contributed by atoms with van der Waals surface area (Å²) in [7, 11) is 0. The van der Waals surface area contributed by atoms with Crippen LogP contribution in [-0.4, -0.2) is 107 Å². The number of rotatable bonds is 7. The fraction of sp³-hybridized carbons (Fsp3) is 0.286. The molecule has 0 aromatic carbocycles. The van der Waals surface area contributed by atoms with Gasteiger partial charge in [-0.05, 0) is 62.1 Å². The highest BCUT2D eigenvalue weighted by molar-refractivity contribution is 6.08. The number of aromatic nitrogens is 6. The van der Waals surface area contributed by atoms with Gasteiger partial charge in [-0.15, -0.1) is 0 Å². The van der Waals surface area contributed by atoms with E-state index in [-0.39, 0.29) is 52.5 Å². The summed E-state index contributed by atoms with van der Waals surface area (Å²) in [6.45, 7) is 2.62. The molecule has 312 valence electrons.